The molecule has 1 fully saturated rings. The van der Waals surface area contributed by atoms with E-state index in [1.807, 2.05) is 79.7 Å². The molecular formula is C34H28N4O3. The summed E-state index contributed by atoms with van der Waals surface area (Å²) in [6.07, 6.45) is 0.394. The maximum absolute atomic E-state index is 14.2. The van der Waals surface area contributed by atoms with Gasteiger partial charge in [0.25, 0.3) is 11.8 Å². The van der Waals surface area contributed by atoms with Gasteiger partial charge in [0, 0.05) is 29.6 Å². The van der Waals surface area contributed by atoms with Crippen LogP contribution in [-0.4, -0.2) is 33.8 Å². The van der Waals surface area contributed by atoms with Crippen molar-refractivity contribution in [2.24, 2.45) is 0 Å². The average molecular weight is 541 g/mol. The van der Waals surface area contributed by atoms with Crippen molar-refractivity contribution in [3.8, 4) is 0 Å². The van der Waals surface area contributed by atoms with Gasteiger partial charge in [-0.2, -0.15) is 0 Å². The van der Waals surface area contributed by atoms with Crippen LogP contribution in [0.25, 0.3) is 10.9 Å². The van der Waals surface area contributed by atoms with E-state index in [2.05, 4.69) is 16.4 Å². The van der Waals surface area contributed by atoms with E-state index < -0.39 is 18.1 Å². The standard InChI is InChI=1S/C34H28N4O3/c1-21-15-17-22(18-16-21)20-35-32(39)25-12-6-8-14-28(25)38-33(40)29-19-26-24-11-5-7-13-27(24)36-30(26)31(37(29)34(38)41)23-9-3-2-4-10-23/h2-18,29,31,36H,19-20H2,1H3,(H,35,39)/t29-,31+/m0/s1. The van der Waals surface area contributed by atoms with Crippen LogP contribution in [0.1, 0.15) is 44.3 Å². The number of carbonyl (C=O) groups is 3. The number of benzene rings is 4. The van der Waals surface area contributed by atoms with Crippen molar-refractivity contribution >= 4 is 34.4 Å². The minimum absolute atomic E-state index is 0.279. The molecule has 0 aliphatic carbocycles. The van der Waals surface area contributed by atoms with Gasteiger partial charge in [-0.3, -0.25) is 14.5 Å². The predicted molar refractivity (Wildman–Crippen MR) is 158 cm³/mol. The van der Waals surface area contributed by atoms with Crippen molar-refractivity contribution in [1.82, 2.24) is 15.2 Å². The summed E-state index contributed by atoms with van der Waals surface area (Å²) in [7, 11) is 0. The van der Waals surface area contributed by atoms with Crippen molar-refractivity contribution < 1.29 is 14.4 Å². The van der Waals surface area contributed by atoms with E-state index in [1.54, 1.807) is 29.2 Å². The van der Waals surface area contributed by atoms with Crippen LogP contribution in [0.15, 0.2) is 103 Å². The number of aryl methyl sites for hydroxylation is 1. The number of anilines is 1. The number of para-hydroxylation sites is 2. The van der Waals surface area contributed by atoms with Crippen molar-refractivity contribution in [3.63, 3.8) is 0 Å². The first-order valence-electron chi connectivity index (χ1n) is 13.7. The topological polar surface area (TPSA) is 85.5 Å². The second kappa shape index (κ2) is 9.78. The summed E-state index contributed by atoms with van der Waals surface area (Å²) in [6.45, 7) is 2.35. The number of hydrogen-bond donors (Lipinski definition) is 2. The van der Waals surface area contributed by atoms with Crippen LogP contribution in [0.3, 0.4) is 0 Å². The van der Waals surface area contributed by atoms with Crippen molar-refractivity contribution in [3.05, 3.63) is 137 Å². The van der Waals surface area contributed by atoms with Crippen LogP contribution in [0, 0.1) is 6.92 Å². The monoisotopic (exact) mass is 540 g/mol. The van der Waals surface area contributed by atoms with Crippen LogP contribution >= 0.6 is 0 Å². The molecule has 7 nitrogen and oxygen atoms in total. The molecule has 0 unspecified atom stereocenters. The molecule has 1 saturated heterocycles. The average Bonchev–Trinajstić information content (AvgIpc) is 3.50. The predicted octanol–water partition coefficient (Wildman–Crippen LogP) is 5.89. The van der Waals surface area contributed by atoms with Gasteiger partial charge in [0.05, 0.1) is 11.3 Å². The quantitative estimate of drug-likeness (QED) is 0.273. The van der Waals surface area contributed by atoms with Gasteiger partial charge in [0.1, 0.15) is 12.1 Å². The highest BCUT2D eigenvalue weighted by atomic mass is 16.2. The number of H-pyrrole nitrogens is 1. The van der Waals surface area contributed by atoms with Gasteiger partial charge in [0.2, 0.25) is 0 Å². The lowest BCUT2D eigenvalue weighted by Gasteiger charge is -2.36. The van der Waals surface area contributed by atoms with Crippen molar-refractivity contribution in [2.45, 2.75) is 32.0 Å². The van der Waals surface area contributed by atoms with Crippen LogP contribution in [0.4, 0.5) is 10.5 Å². The Morgan fingerprint density at radius 2 is 1.59 bits per heavy atom. The van der Waals surface area contributed by atoms with Crippen LogP contribution in [0.2, 0.25) is 0 Å². The number of fused-ring (bicyclic) bond motifs is 4. The van der Waals surface area contributed by atoms with Gasteiger partial charge in [-0.1, -0.05) is 90.5 Å². The molecule has 3 heterocycles. The summed E-state index contributed by atoms with van der Waals surface area (Å²) in [5.41, 5.74) is 6.53. The number of amides is 4. The number of aromatic amines is 1. The second-order valence-electron chi connectivity index (χ2n) is 10.6. The van der Waals surface area contributed by atoms with E-state index in [0.29, 0.717) is 18.7 Å². The molecule has 4 aromatic carbocycles. The normalized spacial score (nSPS) is 18.0. The van der Waals surface area contributed by atoms with E-state index in [-0.39, 0.29) is 17.4 Å². The Hall–Kier alpha value is -5.17. The van der Waals surface area contributed by atoms with Crippen molar-refractivity contribution in [2.75, 3.05) is 4.90 Å². The summed E-state index contributed by atoms with van der Waals surface area (Å²) in [6, 6.07) is 30.9. The van der Waals surface area contributed by atoms with Gasteiger partial charge in [-0.25, -0.2) is 9.69 Å². The largest absolute Gasteiger partial charge is 0.356 e. The Morgan fingerprint density at radius 3 is 2.39 bits per heavy atom. The molecule has 0 spiro atoms. The fraction of sp³-hybridized carbons (Fsp3) is 0.147. The highest BCUT2D eigenvalue weighted by Crippen LogP contribution is 2.45. The molecule has 2 aliphatic heterocycles. The molecule has 0 radical (unpaired) electrons. The zero-order valence-electron chi connectivity index (χ0n) is 22.5. The third-order valence-electron chi connectivity index (χ3n) is 8.13. The van der Waals surface area contributed by atoms with Gasteiger partial charge < -0.3 is 10.3 Å². The third-order valence-corrected chi connectivity index (χ3v) is 8.13. The molecule has 7 heteroatoms. The molecule has 0 saturated carbocycles. The zero-order valence-corrected chi connectivity index (χ0v) is 22.5. The molecule has 5 aromatic rings. The van der Waals surface area contributed by atoms with Crippen molar-refractivity contribution in [1.29, 1.82) is 0 Å². The van der Waals surface area contributed by atoms with E-state index in [1.165, 1.54) is 4.90 Å². The second-order valence-corrected chi connectivity index (χ2v) is 10.6. The molecule has 41 heavy (non-hydrogen) atoms. The van der Waals surface area contributed by atoms with E-state index in [9.17, 15) is 14.4 Å². The lowest BCUT2D eigenvalue weighted by atomic mass is 9.89. The summed E-state index contributed by atoms with van der Waals surface area (Å²) in [5.74, 6) is -0.673. The molecule has 4 amide bonds. The first kappa shape index (κ1) is 24.8. The molecule has 0 bridgehead atoms. The first-order valence-corrected chi connectivity index (χ1v) is 13.7. The molecule has 7 rings (SSSR count). The fourth-order valence-corrected chi connectivity index (χ4v) is 6.12. The molecule has 2 N–H and O–H groups in total. The maximum atomic E-state index is 14.2. The number of carbonyl (C=O) groups excluding carboxylic acids is 3. The Kier molecular flexibility index (Phi) is 5.93. The third kappa shape index (κ3) is 4.09. The minimum Gasteiger partial charge on any atom is -0.356 e. The fourth-order valence-electron chi connectivity index (χ4n) is 6.12. The number of nitrogens with zero attached hydrogens (tertiary/aromatic N) is 2. The minimum atomic E-state index is -0.692. The molecule has 2 aliphatic rings. The number of hydrogen-bond acceptors (Lipinski definition) is 3. The molecule has 202 valence electrons. The molecule has 1 aromatic heterocycles. The first-order chi connectivity index (χ1) is 20.0. The van der Waals surface area contributed by atoms with Gasteiger partial charge in [-0.05, 0) is 41.8 Å². The molecular weight excluding hydrogens is 512 g/mol. The Balaban J connectivity index is 1.26. The van der Waals surface area contributed by atoms with E-state index in [0.717, 1.165) is 38.9 Å². The SMILES string of the molecule is Cc1ccc(CNC(=O)c2ccccc2N2C(=O)[C@@H]3Cc4c([nH]c5ccccc45)[C@@H](c4ccccc4)N3C2=O)cc1. The highest BCUT2D eigenvalue weighted by molar-refractivity contribution is 6.24. The van der Waals surface area contributed by atoms with E-state index >= 15 is 0 Å². The van der Waals surface area contributed by atoms with Crippen LogP contribution < -0.4 is 10.2 Å². The number of aromatic nitrogens is 1. The van der Waals surface area contributed by atoms with Gasteiger partial charge in [-0.15, -0.1) is 0 Å². The maximum Gasteiger partial charge on any atom is 0.332 e. The number of rotatable bonds is 5. The van der Waals surface area contributed by atoms with Crippen LogP contribution in [0.5, 0.6) is 0 Å². The lowest BCUT2D eigenvalue weighted by molar-refractivity contribution is -0.120. The summed E-state index contributed by atoms with van der Waals surface area (Å²) in [4.78, 5) is 48.1. The summed E-state index contributed by atoms with van der Waals surface area (Å²) in [5, 5.41) is 4.00. The number of imide groups is 1. The summed E-state index contributed by atoms with van der Waals surface area (Å²) < 4.78 is 0. The lowest BCUT2D eigenvalue weighted by Crippen LogP contribution is -2.44. The highest BCUT2D eigenvalue weighted by Gasteiger charge is 2.53. The van der Waals surface area contributed by atoms with Gasteiger partial charge >= 0.3 is 6.03 Å². The Bertz CT molecular complexity index is 1810. The number of nitrogens with one attached hydrogen (secondary N) is 2. The zero-order chi connectivity index (χ0) is 28.1. The summed E-state index contributed by atoms with van der Waals surface area (Å²) >= 11 is 0. The smallest absolute Gasteiger partial charge is 0.332 e. The Morgan fingerprint density at radius 1 is 0.878 bits per heavy atom. The van der Waals surface area contributed by atoms with Gasteiger partial charge in [0.15, 0.2) is 0 Å². The Labute approximate surface area is 237 Å². The molecule has 2 atom stereocenters. The number of urea groups is 1. The van der Waals surface area contributed by atoms with E-state index in [4.69, 9.17) is 0 Å². The van der Waals surface area contributed by atoms with Crippen LogP contribution in [-0.2, 0) is 17.8 Å².